The van der Waals surface area contributed by atoms with Crippen molar-refractivity contribution in [3.8, 4) is 0 Å². The molecule has 1 aromatic rings. The van der Waals surface area contributed by atoms with Crippen molar-refractivity contribution < 1.29 is 9.59 Å². The highest BCUT2D eigenvalue weighted by Crippen LogP contribution is 2.19. The molecule has 0 aliphatic heterocycles. The molecule has 0 heterocycles. The Kier molecular flexibility index (Phi) is 6.39. The molecule has 0 unspecified atom stereocenters. The van der Waals surface area contributed by atoms with Gasteiger partial charge in [-0.3, -0.25) is 9.59 Å². The predicted molar refractivity (Wildman–Crippen MR) is 93.1 cm³/mol. The van der Waals surface area contributed by atoms with Gasteiger partial charge < -0.3 is 10.2 Å². The van der Waals surface area contributed by atoms with Gasteiger partial charge in [-0.25, -0.2) is 0 Å². The zero-order chi connectivity index (χ0) is 16.7. The molecule has 0 radical (unpaired) electrons. The van der Waals surface area contributed by atoms with Crippen molar-refractivity contribution in [3.63, 3.8) is 0 Å². The van der Waals surface area contributed by atoms with Gasteiger partial charge in [-0.2, -0.15) is 0 Å². The fourth-order valence-electron chi connectivity index (χ4n) is 2.39. The summed E-state index contributed by atoms with van der Waals surface area (Å²) in [6.07, 6.45) is 7.52. The van der Waals surface area contributed by atoms with Gasteiger partial charge in [0.25, 0.3) is 5.91 Å². The molecule has 4 heteroatoms. The number of carbonyl (C=O) groups is 2. The quantitative estimate of drug-likeness (QED) is 0.749. The van der Waals surface area contributed by atoms with Crippen molar-refractivity contribution >= 4 is 17.9 Å². The van der Waals surface area contributed by atoms with Crippen LogP contribution in [0.25, 0.3) is 6.08 Å². The van der Waals surface area contributed by atoms with E-state index in [1.807, 2.05) is 23.1 Å². The van der Waals surface area contributed by atoms with Crippen LogP contribution in [0.15, 0.2) is 30.3 Å². The first-order chi connectivity index (χ1) is 11.1. The minimum atomic E-state index is -0.0174. The third-order valence-electron chi connectivity index (χ3n) is 3.80. The zero-order valence-electron chi connectivity index (χ0n) is 14.0. The Morgan fingerprint density at radius 2 is 1.74 bits per heavy atom. The summed E-state index contributed by atoms with van der Waals surface area (Å²) in [6.45, 7) is 5.73. The van der Waals surface area contributed by atoms with Crippen LogP contribution in [0.1, 0.15) is 55.5 Å². The molecule has 2 rings (SSSR count). The second-order valence-electron chi connectivity index (χ2n) is 6.03. The van der Waals surface area contributed by atoms with Gasteiger partial charge in [0.05, 0.1) is 0 Å². The van der Waals surface area contributed by atoms with E-state index in [0.717, 1.165) is 44.3 Å². The Bertz CT molecular complexity index is 553. The summed E-state index contributed by atoms with van der Waals surface area (Å²) < 4.78 is 0. The Labute approximate surface area is 138 Å². The molecule has 1 aliphatic rings. The van der Waals surface area contributed by atoms with Crippen molar-refractivity contribution in [2.24, 2.45) is 0 Å². The molecule has 2 amide bonds. The second-order valence-corrected chi connectivity index (χ2v) is 6.03. The number of nitrogens with zero attached hydrogens (tertiary/aromatic N) is 1. The maximum Gasteiger partial charge on any atom is 0.251 e. The molecular weight excluding hydrogens is 288 g/mol. The van der Waals surface area contributed by atoms with E-state index in [0.29, 0.717) is 11.6 Å². The predicted octanol–water partition coefficient (Wildman–Crippen LogP) is 3.24. The van der Waals surface area contributed by atoms with Crippen LogP contribution >= 0.6 is 0 Å². The largest absolute Gasteiger partial charge is 0.349 e. The van der Waals surface area contributed by atoms with Crippen molar-refractivity contribution in [2.75, 3.05) is 13.1 Å². The normalized spacial score (nSPS) is 14.0. The molecule has 4 nitrogen and oxygen atoms in total. The van der Waals surface area contributed by atoms with Gasteiger partial charge >= 0.3 is 0 Å². The summed E-state index contributed by atoms with van der Waals surface area (Å²) in [5.74, 6) is 0.0282. The van der Waals surface area contributed by atoms with Gasteiger partial charge in [-0.15, -0.1) is 0 Å². The van der Waals surface area contributed by atoms with E-state index < -0.39 is 0 Å². The lowest BCUT2D eigenvalue weighted by Crippen LogP contribution is -2.30. The minimum absolute atomic E-state index is 0.0174. The lowest BCUT2D eigenvalue weighted by atomic mass is 10.1. The summed E-state index contributed by atoms with van der Waals surface area (Å²) in [4.78, 5) is 26.0. The third kappa shape index (κ3) is 5.55. The van der Waals surface area contributed by atoms with Gasteiger partial charge in [0.2, 0.25) is 5.91 Å². The number of nitrogens with one attached hydrogen (secondary N) is 1. The maximum atomic E-state index is 12.2. The average Bonchev–Trinajstić information content (AvgIpc) is 3.37. The molecule has 1 fully saturated rings. The lowest BCUT2D eigenvalue weighted by Gasteiger charge is -2.19. The summed E-state index contributed by atoms with van der Waals surface area (Å²) in [5, 5.41) is 2.97. The molecule has 1 saturated carbocycles. The van der Waals surface area contributed by atoms with E-state index in [-0.39, 0.29) is 11.8 Å². The molecule has 1 aliphatic carbocycles. The standard InChI is InChI=1S/C19H26N2O2/c1-3-13-21(14-4-2)18(22)12-7-15-5-8-16(9-6-15)19(23)20-17-10-11-17/h5-9,12,17H,3-4,10-11,13-14H2,1-2H3,(H,20,23). The average molecular weight is 314 g/mol. The monoisotopic (exact) mass is 314 g/mol. The highest BCUT2D eigenvalue weighted by Gasteiger charge is 2.23. The second kappa shape index (κ2) is 8.51. The van der Waals surface area contributed by atoms with Gasteiger partial charge in [0.1, 0.15) is 0 Å². The Hall–Kier alpha value is -2.10. The van der Waals surface area contributed by atoms with E-state index in [2.05, 4.69) is 19.2 Å². The van der Waals surface area contributed by atoms with Crippen LogP contribution in [0.4, 0.5) is 0 Å². The topological polar surface area (TPSA) is 49.4 Å². The van der Waals surface area contributed by atoms with Crippen LogP contribution in [-0.2, 0) is 4.79 Å². The van der Waals surface area contributed by atoms with Crippen LogP contribution in [0, 0.1) is 0 Å². The summed E-state index contributed by atoms with van der Waals surface area (Å²) >= 11 is 0. The maximum absolute atomic E-state index is 12.2. The van der Waals surface area contributed by atoms with E-state index in [1.165, 1.54) is 0 Å². The van der Waals surface area contributed by atoms with Gasteiger partial charge in [-0.05, 0) is 49.5 Å². The van der Waals surface area contributed by atoms with E-state index in [9.17, 15) is 9.59 Å². The first kappa shape index (κ1) is 17.3. The lowest BCUT2D eigenvalue weighted by molar-refractivity contribution is -0.126. The van der Waals surface area contributed by atoms with E-state index in [1.54, 1.807) is 18.2 Å². The zero-order valence-corrected chi connectivity index (χ0v) is 14.0. The van der Waals surface area contributed by atoms with Gasteiger partial charge in [0.15, 0.2) is 0 Å². The van der Waals surface area contributed by atoms with Gasteiger partial charge in [-0.1, -0.05) is 26.0 Å². The van der Waals surface area contributed by atoms with E-state index >= 15 is 0 Å². The molecule has 124 valence electrons. The molecule has 0 aromatic heterocycles. The Morgan fingerprint density at radius 3 is 2.26 bits per heavy atom. The Morgan fingerprint density at radius 1 is 1.13 bits per heavy atom. The number of hydrogen-bond acceptors (Lipinski definition) is 2. The minimum Gasteiger partial charge on any atom is -0.349 e. The van der Waals surface area contributed by atoms with Gasteiger partial charge in [0, 0.05) is 30.8 Å². The van der Waals surface area contributed by atoms with Crippen LogP contribution in [0.5, 0.6) is 0 Å². The molecule has 0 atom stereocenters. The summed E-state index contributed by atoms with van der Waals surface area (Å²) in [6, 6.07) is 7.71. The van der Waals surface area contributed by atoms with Crippen molar-refractivity contribution in [1.82, 2.24) is 10.2 Å². The number of rotatable bonds is 8. The van der Waals surface area contributed by atoms with Crippen LogP contribution in [0.2, 0.25) is 0 Å². The molecule has 0 bridgehead atoms. The molecule has 1 aromatic carbocycles. The summed E-state index contributed by atoms with van der Waals surface area (Å²) in [7, 11) is 0. The highest BCUT2D eigenvalue weighted by molar-refractivity contribution is 5.95. The molecule has 0 saturated heterocycles. The fraction of sp³-hybridized carbons (Fsp3) is 0.474. The first-order valence-corrected chi connectivity index (χ1v) is 8.52. The summed E-state index contributed by atoms with van der Waals surface area (Å²) in [5.41, 5.74) is 1.59. The number of amides is 2. The fourth-order valence-corrected chi connectivity index (χ4v) is 2.39. The smallest absolute Gasteiger partial charge is 0.251 e. The van der Waals surface area contributed by atoms with Crippen molar-refractivity contribution in [1.29, 1.82) is 0 Å². The van der Waals surface area contributed by atoms with Crippen LogP contribution in [-0.4, -0.2) is 35.8 Å². The van der Waals surface area contributed by atoms with E-state index in [4.69, 9.17) is 0 Å². The number of hydrogen-bond donors (Lipinski definition) is 1. The van der Waals surface area contributed by atoms with Crippen LogP contribution in [0.3, 0.4) is 0 Å². The molecule has 0 spiro atoms. The molecular formula is C19H26N2O2. The highest BCUT2D eigenvalue weighted by atomic mass is 16.2. The van der Waals surface area contributed by atoms with Crippen molar-refractivity contribution in [2.45, 2.75) is 45.6 Å². The van der Waals surface area contributed by atoms with Crippen LogP contribution < -0.4 is 5.32 Å². The SMILES string of the molecule is CCCN(CCC)C(=O)C=Cc1ccc(C(=O)NC2CC2)cc1. The first-order valence-electron chi connectivity index (χ1n) is 8.52. The molecule has 23 heavy (non-hydrogen) atoms. The van der Waals surface area contributed by atoms with Crippen molar-refractivity contribution in [3.05, 3.63) is 41.5 Å². The molecule has 1 N–H and O–H groups in total. The number of benzene rings is 1. The Balaban J connectivity index is 1.93. The number of carbonyl (C=O) groups excluding carboxylic acids is 2. The third-order valence-corrected chi connectivity index (χ3v) is 3.80.